The number of H-pyrrole nitrogens is 1. The Balaban J connectivity index is 1.66. The van der Waals surface area contributed by atoms with Gasteiger partial charge in [-0.15, -0.1) is 0 Å². The molecule has 1 aromatic carbocycles. The molecule has 2 N–H and O–H groups in total. The molecular formula is C16H12F6N4O. The fraction of sp³-hybridized carbons (Fsp3) is 0.250. The van der Waals surface area contributed by atoms with E-state index in [2.05, 4.69) is 15.4 Å². The van der Waals surface area contributed by atoms with E-state index >= 15 is 0 Å². The number of rotatable bonds is 4. The molecule has 0 aliphatic heterocycles. The highest BCUT2D eigenvalue weighted by Crippen LogP contribution is 2.31. The predicted octanol–water partition coefficient (Wildman–Crippen LogP) is 3.88. The number of carbonyl (C=O) groups is 1. The van der Waals surface area contributed by atoms with Gasteiger partial charge in [0, 0.05) is 23.6 Å². The molecule has 3 aromatic rings. The smallest absolute Gasteiger partial charge is 0.351 e. The van der Waals surface area contributed by atoms with Crippen LogP contribution in [0.3, 0.4) is 0 Å². The monoisotopic (exact) mass is 390 g/mol. The minimum atomic E-state index is -4.50. The van der Waals surface area contributed by atoms with Gasteiger partial charge in [0.2, 0.25) is 0 Å². The number of hydrogen-bond donors (Lipinski definition) is 2. The summed E-state index contributed by atoms with van der Waals surface area (Å²) in [5, 5.41) is 6.28. The average molecular weight is 390 g/mol. The van der Waals surface area contributed by atoms with E-state index < -0.39 is 30.5 Å². The number of aromatic nitrogens is 3. The maximum Gasteiger partial charge on any atom is 0.431 e. The Morgan fingerprint density at radius 3 is 2.56 bits per heavy atom. The molecule has 5 nitrogen and oxygen atoms in total. The largest absolute Gasteiger partial charge is 0.431 e. The summed E-state index contributed by atoms with van der Waals surface area (Å²) in [4.78, 5) is 14.3. The summed E-state index contributed by atoms with van der Waals surface area (Å²) >= 11 is 0. The standard InChI is InChI=1S/C16H12F6N4O/c17-15(18,19)8-26-7-11(6-24-26)14(27)23-5-9-1-2-12-10(3-9)4-13(25-12)16(20,21)22/h1-4,6-7,25H,5,8H2,(H,23,27). The highest BCUT2D eigenvalue weighted by molar-refractivity contribution is 5.93. The number of benzene rings is 1. The summed E-state index contributed by atoms with van der Waals surface area (Å²) in [6, 6.07) is 5.43. The predicted molar refractivity (Wildman–Crippen MR) is 82.8 cm³/mol. The summed E-state index contributed by atoms with van der Waals surface area (Å²) in [5.41, 5.74) is -0.103. The second-order valence-corrected chi connectivity index (χ2v) is 5.83. The van der Waals surface area contributed by atoms with Crippen LogP contribution in [0.2, 0.25) is 0 Å². The van der Waals surface area contributed by atoms with E-state index in [0.717, 1.165) is 18.5 Å². The van der Waals surface area contributed by atoms with Crippen molar-refractivity contribution in [3.05, 3.63) is 53.5 Å². The molecule has 0 fully saturated rings. The number of alkyl halides is 6. The molecule has 0 atom stereocenters. The van der Waals surface area contributed by atoms with E-state index in [9.17, 15) is 31.1 Å². The minimum absolute atomic E-state index is 0.00818. The zero-order chi connectivity index (χ0) is 19.8. The summed E-state index contributed by atoms with van der Waals surface area (Å²) in [7, 11) is 0. The number of nitrogens with zero attached hydrogens (tertiary/aromatic N) is 2. The van der Waals surface area contributed by atoms with Crippen LogP contribution < -0.4 is 5.32 Å². The van der Waals surface area contributed by atoms with Gasteiger partial charge in [-0.25, -0.2) is 0 Å². The van der Waals surface area contributed by atoms with Gasteiger partial charge in [0.25, 0.3) is 5.91 Å². The summed E-state index contributed by atoms with van der Waals surface area (Å²) in [6.45, 7) is -1.32. The third-order valence-corrected chi connectivity index (χ3v) is 3.68. The maximum absolute atomic E-state index is 12.7. The summed E-state index contributed by atoms with van der Waals surface area (Å²) < 4.78 is 75.6. The van der Waals surface area contributed by atoms with Crippen molar-refractivity contribution in [3.63, 3.8) is 0 Å². The molecule has 0 saturated heterocycles. The Kier molecular flexibility index (Phi) is 4.62. The van der Waals surface area contributed by atoms with E-state index in [1.165, 1.54) is 18.2 Å². The maximum atomic E-state index is 12.7. The van der Waals surface area contributed by atoms with Gasteiger partial charge >= 0.3 is 12.4 Å². The van der Waals surface area contributed by atoms with Crippen LogP contribution in [-0.2, 0) is 19.3 Å². The Morgan fingerprint density at radius 2 is 1.89 bits per heavy atom. The van der Waals surface area contributed by atoms with Crippen LogP contribution in [0.1, 0.15) is 21.6 Å². The van der Waals surface area contributed by atoms with Gasteiger partial charge in [0.15, 0.2) is 0 Å². The molecule has 0 radical (unpaired) electrons. The number of aromatic amines is 1. The number of amides is 1. The van der Waals surface area contributed by atoms with Gasteiger partial charge < -0.3 is 10.3 Å². The lowest BCUT2D eigenvalue weighted by atomic mass is 10.1. The fourth-order valence-electron chi connectivity index (χ4n) is 2.48. The van der Waals surface area contributed by atoms with Crippen molar-refractivity contribution < 1.29 is 31.1 Å². The molecule has 0 spiro atoms. The Morgan fingerprint density at radius 1 is 1.15 bits per heavy atom. The van der Waals surface area contributed by atoms with Crippen LogP contribution in [-0.4, -0.2) is 26.8 Å². The number of nitrogens with one attached hydrogen (secondary N) is 2. The molecule has 2 aromatic heterocycles. The van der Waals surface area contributed by atoms with Crippen molar-refractivity contribution in [1.82, 2.24) is 20.1 Å². The van der Waals surface area contributed by atoms with E-state index in [1.807, 2.05) is 0 Å². The first-order valence-electron chi connectivity index (χ1n) is 7.57. The lowest BCUT2D eigenvalue weighted by molar-refractivity contribution is -0.142. The van der Waals surface area contributed by atoms with Gasteiger partial charge in [0.05, 0.1) is 11.8 Å². The average Bonchev–Trinajstić information content (AvgIpc) is 3.16. The third kappa shape index (κ3) is 4.60. The number of hydrogen-bond acceptors (Lipinski definition) is 2. The quantitative estimate of drug-likeness (QED) is 0.665. The van der Waals surface area contributed by atoms with E-state index in [1.54, 1.807) is 0 Å². The van der Waals surface area contributed by atoms with Crippen LogP contribution in [0, 0.1) is 0 Å². The van der Waals surface area contributed by atoms with Gasteiger partial charge in [-0.1, -0.05) is 6.07 Å². The first kappa shape index (κ1) is 18.8. The Hall–Kier alpha value is -2.98. The second kappa shape index (κ2) is 6.63. The molecule has 0 aliphatic rings. The summed E-state index contributed by atoms with van der Waals surface area (Å²) in [5.74, 6) is -0.645. The second-order valence-electron chi connectivity index (χ2n) is 5.83. The molecule has 27 heavy (non-hydrogen) atoms. The van der Waals surface area contributed by atoms with Gasteiger partial charge in [-0.2, -0.15) is 31.4 Å². The van der Waals surface area contributed by atoms with Crippen LogP contribution in [0.4, 0.5) is 26.3 Å². The normalized spacial score (nSPS) is 12.5. The van der Waals surface area contributed by atoms with Gasteiger partial charge in [-0.3, -0.25) is 9.48 Å². The molecule has 144 valence electrons. The van der Waals surface area contributed by atoms with Gasteiger partial charge in [-0.05, 0) is 23.8 Å². The third-order valence-electron chi connectivity index (χ3n) is 3.68. The topological polar surface area (TPSA) is 62.7 Å². The fourth-order valence-corrected chi connectivity index (χ4v) is 2.48. The molecule has 0 saturated carbocycles. The minimum Gasteiger partial charge on any atom is -0.351 e. The van der Waals surface area contributed by atoms with Crippen molar-refractivity contribution in [1.29, 1.82) is 0 Å². The van der Waals surface area contributed by atoms with E-state index in [-0.39, 0.29) is 12.1 Å². The molecule has 2 heterocycles. The van der Waals surface area contributed by atoms with Crippen molar-refractivity contribution in [2.45, 2.75) is 25.4 Å². The number of carbonyl (C=O) groups excluding carboxylic acids is 1. The van der Waals surface area contributed by atoms with Gasteiger partial charge in [0.1, 0.15) is 12.2 Å². The van der Waals surface area contributed by atoms with Crippen molar-refractivity contribution in [2.75, 3.05) is 0 Å². The van der Waals surface area contributed by atoms with Crippen LogP contribution in [0.25, 0.3) is 10.9 Å². The number of fused-ring (bicyclic) bond motifs is 1. The Bertz CT molecular complexity index is 969. The lowest BCUT2D eigenvalue weighted by Gasteiger charge is -2.05. The molecule has 1 amide bonds. The van der Waals surface area contributed by atoms with Crippen molar-refractivity contribution in [3.8, 4) is 0 Å². The zero-order valence-electron chi connectivity index (χ0n) is 13.4. The lowest BCUT2D eigenvalue weighted by Crippen LogP contribution is -2.22. The van der Waals surface area contributed by atoms with Crippen LogP contribution in [0.15, 0.2) is 36.7 Å². The molecule has 0 unspecified atom stereocenters. The SMILES string of the molecule is O=C(NCc1ccc2[nH]c(C(F)(F)F)cc2c1)c1cnn(CC(F)(F)F)c1. The molecule has 0 aliphatic carbocycles. The molecule has 3 rings (SSSR count). The van der Waals surface area contributed by atoms with Crippen LogP contribution in [0.5, 0.6) is 0 Å². The number of halogens is 6. The highest BCUT2D eigenvalue weighted by Gasteiger charge is 2.32. The van der Waals surface area contributed by atoms with Crippen LogP contribution >= 0.6 is 0 Å². The molecule has 0 bridgehead atoms. The highest BCUT2D eigenvalue weighted by atomic mass is 19.4. The Labute approximate surface area is 148 Å². The van der Waals surface area contributed by atoms with Crippen molar-refractivity contribution >= 4 is 16.8 Å². The zero-order valence-corrected chi connectivity index (χ0v) is 13.4. The van der Waals surface area contributed by atoms with E-state index in [0.29, 0.717) is 21.1 Å². The molecular weight excluding hydrogens is 378 g/mol. The first-order valence-corrected chi connectivity index (χ1v) is 7.57. The molecule has 11 heteroatoms. The van der Waals surface area contributed by atoms with Crippen molar-refractivity contribution in [2.24, 2.45) is 0 Å². The first-order chi connectivity index (χ1) is 12.5. The van der Waals surface area contributed by atoms with E-state index in [4.69, 9.17) is 0 Å². The summed E-state index contributed by atoms with van der Waals surface area (Å²) in [6.07, 6.45) is -6.98.